The van der Waals surface area contributed by atoms with Crippen LogP contribution in [0, 0.1) is 0 Å². The van der Waals surface area contributed by atoms with Crippen LogP contribution < -0.4 is 0 Å². The molecule has 0 heterocycles. The summed E-state index contributed by atoms with van der Waals surface area (Å²) in [6.45, 7) is 9.28. The zero-order valence-electron chi connectivity index (χ0n) is 13.2. The molecule has 0 saturated heterocycles. The van der Waals surface area contributed by atoms with Crippen LogP contribution >= 0.6 is 0 Å². The van der Waals surface area contributed by atoms with E-state index in [-0.39, 0.29) is 5.41 Å². The number of hydrogen-bond acceptors (Lipinski definition) is 0. The van der Waals surface area contributed by atoms with Gasteiger partial charge in [-0.2, -0.15) is 0 Å². The normalized spacial score (nSPS) is 13.2. The van der Waals surface area contributed by atoms with Crippen LogP contribution in [-0.4, -0.2) is 0 Å². The van der Waals surface area contributed by atoms with Gasteiger partial charge in [-0.15, -0.1) is 0 Å². The lowest BCUT2D eigenvalue weighted by Crippen LogP contribution is -2.21. The third-order valence-corrected chi connectivity index (χ3v) is 4.38. The predicted molar refractivity (Wildman–Crippen MR) is 88.3 cm³/mol. The summed E-state index contributed by atoms with van der Waals surface area (Å²) < 4.78 is 0. The van der Waals surface area contributed by atoms with Crippen molar-refractivity contribution in [1.82, 2.24) is 0 Å². The molecular weight excluding hydrogens is 240 g/mol. The third kappa shape index (κ3) is 2.95. The van der Waals surface area contributed by atoms with E-state index < -0.39 is 0 Å². The molecule has 0 nitrogen and oxygen atoms in total. The molecule has 0 heteroatoms. The molecule has 0 fully saturated rings. The molecule has 20 heavy (non-hydrogen) atoms. The fourth-order valence-corrected chi connectivity index (χ4v) is 3.09. The van der Waals surface area contributed by atoms with E-state index >= 15 is 0 Å². The van der Waals surface area contributed by atoms with Crippen molar-refractivity contribution in [2.75, 3.05) is 0 Å². The van der Waals surface area contributed by atoms with E-state index in [0.717, 1.165) is 0 Å². The van der Waals surface area contributed by atoms with E-state index in [1.807, 2.05) is 0 Å². The fourth-order valence-electron chi connectivity index (χ4n) is 3.09. The second-order valence-corrected chi connectivity index (χ2v) is 6.27. The van der Waals surface area contributed by atoms with E-state index in [4.69, 9.17) is 0 Å². The first kappa shape index (κ1) is 14.8. The lowest BCUT2D eigenvalue weighted by molar-refractivity contribution is 0.599. The summed E-state index contributed by atoms with van der Waals surface area (Å²) >= 11 is 0. The zero-order valence-corrected chi connectivity index (χ0v) is 13.2. The maximum Gasteiger partial charge on any atom is 0.0149 e. The maximum atomic E-state index is 2.35. The van der Waals surface area contributed by atoms with Crippen LogP contribution in [0.15, 0.2) is 54.6 Å². The molecule has 2 rings (SSSR count). The lowest BCUT2D eigenvalue weighted by Gasteiger charge is -2.30. The van der Waals surface area contributed by atoms with Crippen LogP contribution in [0.3, 0.4) is 0 Å². The van der Waals surface area contributed by atoms with Crippen molar-refractivity contribution < 1.29 is 0 Å². The van der Waals surface area contributed by atoms with Crippen LogP contribution in [0.1, 0.15) is 63.1 Å². The average molecular weight is 266 g/mol. The molecule has 0 N–H and O–H groups in total. The fraction of sp³-hybridized carbons (Fsp3) is 0.400. The molecule has 0 aliphatic rings. The molecule has 0 spiro atoms. The topological polar surface area (TPSA) is 0 Å². The zero-order chi connectivity index (χ0) is 14.6. The Morgan fingerprint density at radius 3 is 2.15 bits per heavy atom. The Labute approximate surface area is 123 Å². The molecule has 2 aromatic rings. The third-order valence-electron chi connectivity index (χ3n) is 4.38. The SMILES string of the molecule is CCCC(C)c1ccccc1C(C)(C)c1ccccc1. The second kappa shape index (κ2) is 6.26. The van der Waals surface area contributed by atoms with Gasteiger partial charge in [0.15, 0.2) is 0 Å². The summed E-state index contributed by atoms with van der Waals surface area (Å²) in [5, 5.41) is 0. The first-order chi connectivity index (χ1) is 9.57. The maximum absolute atomic E-state index is 2.35. The largest absolute Gasteiger partial charge is 0.0654 e. The van der Waals surface area contributed by atoms with Crippen LogP contribution in [0.2, 0.25) is 0 Å². The van der Waals surface area contributed by atoms with Gasteiger partial charge in [-0.05, 0) is 29.0 Å². The number of hydrogen-bond donors (Lipinski definition) is 0. The highest BCUT2D eigenvalue weighted by Crippen LogP contribution is 2.37. The highest BCUT2D eigenvalue weighted by atomic mass is 14.3. The Morgan fingerprint density at radius 2 is 1.50 bits per heavy atom. The van der Waals surface area contributed by atoms with Crippen molar-refractivity contribution in [2.45, 2.75) is 51.9 Å². The molecule has 0 radical (unpaired) electrons. The molecule has 0 saturated carbocycles. The summed E-state index contributed by atoms with van der Waals surface area (Å²) in [6, 6.07) is 19.8. The van der Waals surface area contributed by atoms with Crippen molar-refractivity contribution in [3.8, 4) is 0 Å². The molecule has 0 aromatic heterocycles. The average Bonchev–Trinajstić information content (AvgIpc) is 2.48. The van der Waals surface area contributed by atoms with Crippen molar-refractivity contribution >= 4 is 0 Å². The monoisotopic (exact) mass is 266 g/mol. The van der Waals surface area contributed by atoms with E-state index in [9.17, 15) is 0 Å². The Morgan fingerprint density at radius 1 is 0.900 bits per heavy atom. The van der Waals surface area contributed by atoms with E-state index in [2.05, 4.69) is 82.3 Å². The van der Waals surface area contributed by atoms with Gasteiger partial charge in [0.2, 0.25) is 0 Å². The summed E-state index contributed by atoms with van der Waals surface area (Å²) in [6.07, 6.45) is 2.49. The molecule has 0 amide bonds. The Kier molecular flexibility index (Phi) is 4.65. The summed E-state index contributed by atoms with van der Waals surface area (Å²) in [4.78, 5) is 0. The first-order valence-corrected chi connectivity index (χ1v) is 7.72. The highest BCUT2D eigenvalue weighted by molar-refractivity contribution is 5.43. The molecule has 1 atom stereocenters. The minimum Gasteiger partial charge on any atom is -0.0654 e. The van der Waals surface area contributed by atoms with Crippen molar-refractivity contribution in [3.63, 3.8) is 0 Å². The highest BCUT2D eigenvalue weighted by Gasteiger charge is 2.26. The van der Waals surface area contributed by atoms with Gasteiger partial charge in [-0.25, -0.2) is 0 Å². The minimum absolute atomic E-state index is 0.0554. The van der Waals surface area contributed by atoms with Gasteiger partial charge in [-0.1, -0.05) is 88.7 Å². The molecule has 2 aromatic carbocycles. The van der Waals surface area contributed by atoms with Crippen molar-refractivity contribution in [3.05, 3.63) is 71.3 Å². The van der Waals surface area contributed by atoms with Gasteiger partial charge in [0.1, 0.15) is 0 Å². The second-order valence-electron chi connectivity index (χ2n) is 6.27. The summed E-state index contributed by atoms with van der Waals surface area (Å²) in [7, 11) is 0. The number of benzene rings is 2. The van der Waals surface area contributed by atoms with Crippen LogP contribution in [0.4, 0.5) is 0 Å². The van der Waals surface area contributed by atoms with Crippen LogP contribution in [0.5, 0.6) is 0 Å². The summed E-state index contributed by atoms with van der Waals surface area (Å²) in [5.41, 5.74) is 4.41. The van der Waals surface area contributed by atoms with Gasteiger partial charge in [-0.3, -0.25) is 0 Å². The Hall–Kier alpha value is -1.56. The van der Waals surface area contributed by atoms with Gasteiger partial charge in [0, 0.05) is 5.41 Å². The first-order valence-electron chi connectivity index (χ1n) is 7.72. The predicted octanol–water partition coefficient (Wildman–Crippen LogP) is 5.92. The molecule has 0 aliphatic carbocycles. The Bertz CT molecular complexity index is 537. The molecule has 0 bridgehead atoms. The van der Waals surface area contributed by atoms with Gasteiger partial charge < -0.3 is 0 Å². The molecule has 1 unspecified atom stereocenters. The molecule has 106 valence electrons. The quantitative estimate of drug-likeness (QED) is 0.630. The minimum atomic E-state index is 0.0554. The lowest BCUT2D eigenvalue weighted by atomic mass is 9.74. The number of rotatable bonds is 5. The van der Waals surface area contributed by atoms with E-state index in [1.54, 1.807) is 0 Å². The smallest absolute Gasteiger partial charge is 0.0149 e. The molecular formula is C20H26. The van der Waals surface area contributed by atoms with Gasteiger partial charge in [0.25, 0.3) is 0 Å². The van der Waals surface area contributed by atoms with Crippen LogP contribution in [-0.2, 0) is 5.41 Å². The van der Waals surface area contributed by atoms with Gasteiger partial charge >= 0.3 is 0 Å². The van der Waals surface area contributed by atoms with Crippen LogP contribution in [0.25, 0.3) is 0 Å². The van der Waals surface area contributed by atoms with Crippen molar-refractivity contribution in [2.24, 2.45) is 0 Å². The van der Waals surface area contributed by atoms with Crippen molar-refractivity contribution in [1.29, 1.82) is 0 Å². The Balaban J connectivity index is 2.47. The standard InChI is InChI=1S/C20H26/c1-5-11-16(2)18-14-9-10-15-19(18)20(3,4)17-12-7-6-8-13-17/h6-10,12-16H,5,11H2,1-4H3. The van der Waals surface area contributed by atoms with Gasteiger partial charge in [0.05, 0.1) is 0 Å². The van der Waals surface area contributed by atoms with E-state index in [0.29, 0.717) is 5.92 Å². The van der Waals surface area contributed by atoms with E-state index in [1.165, 1.54) is 29.5 Å². The summed E-state index contributed by atoms with van der Waals surface area (Å²) in [5.74, 6) is 0.624. The molecule has 0 aliphatic heterocycles.